The van der Waals surface area contributed by atoms with E-state index in [-0.39, 0.29) is 31.9 Å². The van der Waals surface area contributed by atoms with Gasteiger partial charge in [0, 0.05) is 6.07 Å². The molecule has 0 amide bonds. The van der Waals surface area contributed by atoms with Gasteiger partial charge in [-0.05, 0) is 31.2 Å². The fourth-order valence-electron chi connectivity index (χ4n) is 3.43. The molecule has 17 heteroatoms. The summed E-state index contributed by atoms with van der Waals surface area (Å²) in [4.78, 5) is 63.4. The Bertz CT molecular complexity index is 1730. The number of aromatic nitrogens is 3. The minimum absolute atomic E-state index is 0.120. The fraction of sp³-hybridized carbons (Fsp3) is 0.250. The molecule has 1 heterocycles. The highest BCUT2D eigenvalue weighted by Gasteiger charge is 2.33. The van der Waals surface area contributed by atoms with Gasteiger partial charge in [-0.25, -0.2) is 32.5 Å². The predicted octanol–water partition coefficient (Wildman–Crippen LogP) is 2.37. The van der Waals surface area contributed by atoms with Crippen molar-refractivity contribution in [1.29, 1.82) is 5.26 Å². The molecule has 3 aromatic rings. The van der Waals surface area contributed by atoms with E-state index in [4.69, 9.17) is 21.1 Å². The van der Waals surface area contributed by atoms with Crippen LogP contribution in [-0.4, -0.2) is 39.4 Å². The van der Waals surface area contributed by atoms with E-state index in [0.29, 0.717) is 6.07 Å². The zero-order valence-corrected chi connectivity index (χ0v) is 21.7. The Balaban J connectivity index is 2.27. The number of nitrogens with zero attached hydrogens (tertiary/aromatic N) is 4. The number of ether oxygens (including phenoxy) is 3. The van der Waals surface area contributed by atoms with Gasteiger partial charge in [-0.3, -0.25) is 9.59 Å². The van der Waals surface area contributed by atoms with Crippen molar-refractivity contribution in [1.82, 2.24) is 13.7 Å². The van der Waals surface area contributed by atoms with Gasteiger partial charge in [0.25, 0.3) is 0 Å². The van der Waals surface area contributed by atoms with Gasteiger partial charge in [0.1, 0.15) is 24.9 Å². The van der Waals surface area contributed by atoms with Crippen molar-refractivity contribution in [3.8, 4) is 23.3 Å². The van der Waals surface area contributed by atoms with Crippen LogP contribution in [0.5, 0.6) is 11.5 Å². The molecule has 41 heavy (non-hydrogen) atoms. The third kappa shape index (κ3) is 6.47. The summed E-state index contributed by atoms with van der Waals surface area (Å²) in [5.41, 5.74) is -6.56. The predicted molar refractivity (Wildman–Crippen MR) is 130 cm³/mol. The van der Waals surface area contributed by atoms with Crippen molar-refractivity contribution in [2.75, 3.05) is 13.7 Å². The second-order valence-electron chi connectivity index (χ2n) is 7.90. The number of nitriles is 1. The van der Waals surface area contributed by atoms with Gasteiger partial charge in [-0.15, -0.1) is 0 Å². The van der Waals surface area contributed by atoms with Gasteiger partial charge in [0.15, 0.2) is 11.6 Å². The van der Waals surface area contributed by atoms with E-state index in [2.05, 4.69) is 4.74 Å². The minimum atomic E-state index is -4.91. The van der Waals surface area contributed by atoms with Gasteiger partial charge in [0.2, 0.25) is 0 Å². The van der Waals surface area contributed by atoms with Crippen molar-refractivity contribution in [2.24, 2.45) is 0 Å². The van der Waals surface area contributed by atoms with Gasteiger partial charge in [-0.1, -0.05) is 11.6 Å². The van der Waals surface area contributed by atoms with E-state index < -0.39 is 81.9 Å². The first-order valence-electron chi connectivity index (χ1n) is 11.2. The molecule has 0 fully saturated rings. The highest BCUT2D eigenvalue weighted by molar-refractivity contribution is 6.32. The summed E-state index contributed by atoms with van der Waals surface area (Å²) in [5, 5.41) is 8.84. The molecule has 0 atom stereocenters. The average molecular weight is 601 g/mol. The maximum atomic E-state index is 14.5. The van der Waals surface area contributed by atoms with Crippen molar-refractivity contribution < 1.29 is 41.4 Å². The maximum absolute atomic E-state index is 14.5. The van der Waals surface area contributed by atoms with Crippen molar-refractivity contribution in [3.05, 3.63) is 83.8 Å². The number of carbonyl (C=O) groups is 2. The van der Waals surface area contributed by atoms with Gasteiger partial charge < -0.3 is 14.2 Å². The third-order valence-corrected chi connectivity index (χ3v) is 5.57. The second kappa shape index (κ2) is 12.1. The molecular weight excluding hydrogens is 584 g/mol. The lowest BCUT2D eigenvalue weighted by atomic mass is 10.1. The Labute approximate surface area is 231 Å². The smallest absolute Gasteiger partial charge is 0.416 e. The number of halogens is 5. The van der Waals surface area contributed by atoms with Gasteiger partial charge >= 0.3 is 35.2 Å². The first-order valence-corrected chi connectivity index (χ1v) is 11.6. The summed E-state index contributed by atoms with van der Waals surface area (Å²) in [7, 11) is 0.959. The number of hydrogen-bond donors (Lipinski definition) is 0. The number of benzene rings is 2. The Hall–Kier alpha value is -4.91. The molecule has 2 aromatic carbocycles. The Morgan fingerprint density at radius 3 is 2.12 bits per heavy atom. The molecule has 0 aliphatic heterocycles. The number of alkyl halides is 3. The first-order chi connectivity index (χ1) is 19.2. The minimum Gasteiger partial charge on any atom is -0.468 e. The van der Waals surface area contributed by atoms with Crippen LogP contribution in [0, 0.1) is 17.1 Å². The van der Waals surface area contributed by atoms with Crippen LogP contribution >= 0.6 is 11.6 Å². The van der Waals surface area contributed by atoms with Crippen LogP contribution in [0.4, 0.5) is 17.6 Å². The molecule has 0 aliphatic rings. The Morgan fingerprint density at radius 2 is 1.61 bits per heavy atom. The molecule has 12 nitrogen and oxygen atoms in total. The lowest BCUT2D eigenvalue weighted by Gasteiger charge is -2.16. The summed E-state index contributed by atoms with van der Waals surface area (Å²) < 4.78 is 68.7. The highest BCUT2D eigenvalue weighted by atomic mass is 35.5. The summed E-state index contributed by atoms with van der Waals surface area (Å²) >= 11 is 5.80. The van der Waals surface area contributed by atoms with E-state index in [9.17, 15) is 46.8 Å². The summed E-state index contributed by atoms with van der Waals surface area (Å²) in [5.74, 6) is -4.89. The molecule has 0 unspecified atom stereocenters. The molecule has 0 saturated heterocycles. The molecule has 0 radical (unpaired) electrons. The van der Waals surface area contributed by atoms with Crippen LogP contribution in [0.15, 0.2) is 44.7 Å². The number of esters is 2. The van der Waals surface area contributed by atoms with E-state index in [1.165, 1.54) is 6.92 Å². The Morgan fingerprint density at radius 1 is 1.00 bits per heavy atom. The largest absolute Gasteiger partial charge is 0.468 e. The molecule has 0 bridgehead atoms. The molecule has 0 aliphatic carbocycles. The zero-order valence-electron chi connectivity index (χ0n) is 21.0. The second-order valence-corrected chi connectivity index (χ2v) is 8.30. The molecule has 0 N–H and O–H groups in total. The molecular formula is C24H17ClF4N4O8. The topological polar surface area (TPSA) is 152 Å². The SMILES string of the molecule is CCOC(=O)Cn1c(=O)n(CC(=O)OC)c(=O)n(-c2cc(Oc3c(F)cc(C(F)(F)F)cc3Cl)ccc2C#N)c1=O. The molecule has 3 rings (SSSR count). The molecule has 0 saturated carbocycles. The number of methoxy groups -OCH3 is 1. The monoisotopic (exact) mass is 600 g/mol. The third-order valence-electron chi connectivity index (χ3n) is 5.29. The van der Waals surface area contributed by atoms with Crippen molar-refractivity contribution >= 4 is 23.5 Å². The van der Waals surface area contributed by atoms with Gasteiger partial charge in [-0.2, -0.15) is 18.4 Å². The van der Waals surface area contributed by atoms with Crippen LogP contribution in [0.25, 0.3) is 5.69 Å². The van der Waals surface area contributed by atoms with Crippen LogP contribution in [0.2, 0.25) is 5.02 Å². The van der Waals surface area contributed by atoms with Gasteiger partial charge in [0.05, 0.1) is 35.6 Å². The first kappa shape index (κ1) is 30.6. The lowest BCUT2D eigenvalue weighted by Crippen LogP contribution is -2.55. The number of carbonyl (C=O) groups excluding carboxylic acids is 2. The molecule has 0 spiro atoms. The van der Waals surface area contributed by atoms with E-state index >= 15 is 0 Å². The van der Waals surface area contributed by atoms with Crippen LogP contribution < -0.4 is 21.8 Å². The molecule has 1 aromatic heterocycles. The van der Waals surface area contributed by atoms with E-state index in [0.717, 1.165) is 25.3 Å². The van der Waals surface area contributed by atoms with Crippen LogP contribution in [-0.2, 0) is 38.3 Å². The maximum Gasteiger partial charge on any atom is 0.416 e. The van der Waals surface area contributed by atoms with E-state index in [1.54, 1.807) is 6.07 Å². The van der Waals surface area contributed by atoms with Crippen molar-refractivity contribution in [3.63, 3.8) is 0 Å². The highest BCUT2D eigenvalue weighted by Crippen LogP contribution is 2.39. The average Bonchev–Trinajstić information content (AvgIpc) is 2.90. The normalized spacial score (nSPS) is 11.1. The molecule has 216 valence electrons. The summed E-state index contributed by atoms with van der Waals surface area (Å²) in [6, 6.07) is 5.16. The number of rotatable bonds is 8. The number of hydrogen-bond acceptors (Lipinski definition) is 9. The quantitative estimate of drug-likeness (QED) is 0.280. The fourth-order valence-corrected chi connectivity index (χ4v) is 3.68. The Kier molecular flexibility index (Phi) is 9.03. The zero-order chi connectivity index (χ0) is 30.6. The summed E-state index contributed by atoms with van der Waals surface area (Å²) in [6.07, 6.45) is -4.91. The van der Waals surface area contributed by atoms with E-state index in [1.807, 2.05) is 0 Å². The summed E-state index contributed by atoms with van der Waals surface area (Å²) in [6.45, 7) is -0.655. The lowest BCUT2D eigenvalue weighted by molar-refractivity contribution is -0.144. The van der Waals surface area contributed by atoms with Crippen LogP contribution in [0.1, 0.15) is 18.1 Å². The standard InChI is InChI=1S/C24H17ClF4N4O8/c1-3-40-19(35)11-32-21(36)31(10-18(34)39-2)22(37)33(23(32)38)17-8-14(5-4-12(17)9-30)41-20-15(25)6-13(7-16(20)26)24(27,28)29/h4-8H,3,10-11H2,1-2H3. The van der Waals surface area contributed by atoms with Crippen LogP contribution in [0.3, 0.4) is 0 Å². The van der Waals surface area contributed by atoms with Crippen molar-refractivity contribution in [2.45, 2.75) is 26.2 Å².